The topological polar surface area (TPSA) is 40.0 Å². The number of likely N-dealkylation sites (tertiary alicyclic amines) is 1. The molecule has 0 spiro atoms. The van der Waals surface area contributed by atoms with E-state index < -0.39 is 0 Å². The number of carbonyl (C=O) groups is 1. The van der Waals surface area contributed by atoms with Crippen molar-refractivity contribution in [1.29, 1.82) is 0 Å². The molecule has 0 radical (unpaired) electrons. The Balaban J connectivity index is 1.87. The second-order valence-corrected chi connectivity index (χ2v) is 5.49. The number of para-hydroxylation sites is 1. The fourth-order valence-corrected chi connectivity index (χ4v) is 2.91. The van der Waals surface area contributed by atoms with E-state index in [4.69, 9.17) is 9.47 Å². The molecular weight excluding hydrogens is 266 g/mol. The van der Waals surface area contributed by atoms with Gasteiger partial charge in [-0.25, -0.2) is 0 Å². The molecule has 116 valence electrons. The highest BCUT2D eigenvalue weighted by Gasteiger charge is 2.28. The Labute approximate surface area is 127 Å². The van der Waals surface area contributed by atoms with Gasteiger partial charge < -0.3 is 14.4 Å². The predicted molar refractivity (Wildman–Crippen MR) is 81.4 cm³/mol. The van der Waals surface area contributed by atoms with Gasteiger partial charge in [0.05, 0.1) is 32.2 Å². The molecule has 2 rings (SSSR count). The van der Waals surface area contributed by atoms with Crippen LogP contribution in [-0.2, 0) is 16.1 Å². The molecule has 0 amide bonds. The van der Waals surface area contributed by atoms with Crippen molar-refractivity contribution in [2.75, 3.05) is 26.3 Å². The number of hydrogen-bond acceptors (Lipinski definition) is 3. The van der Waals surface area contributed by atoms with Crippen molar-refractivity contribution in [3.63, 3.8) is 0 Å². The lowest BCUT2D eigenvalue weighted by Crippen LogP contribution is -3.11. The number of nitrogens with one attached hydrogen (secondary N) is 1. The highest BCUT2D eigenvalue weighted by molar-refractivity contribution is 5.72. The van der Waals surface area contributed by atoms with Crippen LogP contribution in [-0.4, -0.2) is 32.3 Å². The summed E-state index contributed by atoms with van der Waals surface area (Å²) in [7, 11) is 0. The van der Waals surface area contributed by atoms with Crippen LogP contribution in [0.2, 0.25) is 0 Å². The van der Waals surface area contributed by atoms with Gasteiger partial charge in [0.1, 0.15) is 12.3 Å². The van der Waals surface area contributed by atoms with Crippen molar-refractivity contribution in [3.8, 4) is 5.75 Å². The summed E-state index contributed by atoms with van der Waals surface area (Å²) in [6.07, 6.45) is 1.84. The first-order valence-corrected chi connectivity index (χ1v) is 7.95. The number of esters is 1. The molecule has 4 nitrogen and oxygen atoms in total. The molecule has 0 unspecified atom stereocenters. The Kier molecular flexibility index (Phi) is 6.05. The van der Waals surface area contributed by atoms with Crippen LogP contribution in [0.1, 0.15) is 32.3 Å². The van der Waals surface area contributed by atoms with Crippen LogP contribution in [0.15, 0.2) is 24.3 Å². The lowest BCUT2D eigenvalue weighted by Gasteiger charge is -2.28. The molecule has 0 bridgehead atoms. The van der Waals surface area contributed by atoms with Gasteiger partial charge in [0.2, 0.25) is 0 Å². The maximum absolute atomic E-state index is 11.8. The van der Waals surface area contributed by atoms with E-state index in [1.54, 1.807) is 0 Å². The third-order valence-electron chi connectivity index (χ3n) is 4.03. The van der Waals surface area contributed by atoms with Gasteiger partial charge in [-0.3, -0.25) is 4.79 Å². The van der Waals surface area contributed by atoms with Crippen molar-refractivity contribution in [2.24, 2.45) is 5.92 Å². The Morgan fingerprint density at radius 1 is 1.19 bits per heavy atom. The number of ether oxygens (including phenoxy) is 2. The summed E-state index contributed by atoms with van der Waals surface area (Å²) in [4.78, 5) is 13.3. The van der Waals surface area contributed by atoms with Gasteiger partial charge in [-0.05, 0) is 26.0 Å². The first-order chi connectivity index (χ1) is 10.2. The highest BCUT2D eigenvalue weighted by Crippen LogP contribution is 2.18. The summed E-state index contributed by atoms with van der Waals surface area (Å²) in [5.74, 6) is 1.06. The number of hydrogen-bond donors (Lipinski definition) is 1. The third kappa shape index (κ3) is 4.46. The Bertz CT molecular complexity index is 453. The van der Waals surface area contributed by atoms with Crippen molar-refractivity contribution in [2.45, 2.75) is 33.2 Å². The van der Waals surface area contributed by atoms with Gasteiger partial charge in [0.25, 0.3) is 0 Å². The van der Waals surface area contributed by atoms with Crippen molar-refractivity contribution < 1.29 is 19.2 Å². The smallest absolute Gasteiger partial charge is 0.309 e. The van der Waals surface area contributed by atoms with E-state index in [0.29, 0.717) is 13.2 Å². The Morgan fingerprint density at radius 3 is 2.57 bits per heavy atom. The molecule has 1 fully saturated rings. The first-order valence-electron chi connectivity index (χ1n) is 7.95. The molecule has 0 aliphatic carbocycles. The summed E-state index contributed by atoms with van der Waals surface area (Å²) >= 11 is 0. The van der Waals surface area contributed by atoms with E-state index in [2.05, 4.69) is 12.1 Å². The SMILES string of the molecule is CCOC(=O)C1CC[NH+](Cc2ccccc2OCC)CC1. The van der Waals surface area contributed by atoms with Crippen molar-refractivity contribution in [1.82, 2.24) is 0 Å². The quantitative estimate of drug-likeness (QED) is 0.807. The summed E-state index contributed by atoms with van der Waals surface area (Å²) in [6, 6.07) is 8.23. The van der Waals surface area contributed by atoms with E-state index in [1.165, 1.54) is 10.5 Å². The predicted octanol–water partition coefficient (Wildman–Crippen LogP) is 1.44. The summed E-state index contributed by atoms with van der Waals surface area (Å²) in [6.45, 7) is 8.04. The van der Waals surface area contributed by atoms with Crippen molar-refractivity contribution in [3.05, 3.63) is 29.8 Å². The molecule has 4 heteroatoms. The van der Waals surface area contributed by atoms with E-state index in [9.17, 15) is 4.79 Å². The van der Waals surface area contributed by atoms with Crippen LogP contribution in [0.25, 0.3) is 0 Å². The molecule has 0 saturated carbocycles. The number of quaternary nitrogens is 1. The molecule has 1 saturated heterocycles. The maximum atomic E-state index is 11.8. The summed E-state index contributed by atoms with van der Waals surface area (Å²) < 4.78 is 10.8. The van der Waals surface area contributed by atoms with Gasteiger partial charge in [0, 0.05) is 18.4 Å². The zero-order chi connectivity index (χ0) is 15.1. The van der Waals surface area contributed by atoms with Crippen LogP contribution in [0.3, 0.4) is 0 Å². The highest BCUT2D eigenvalue weighted by atomic mass is 16.5. The number of rotatable bonds is 6. The molecular formula is C17H26NO3+. The van der Waals surface area contributed by atoms with Crippen LogP contribution >= 0.6 is 0 Å². The van der Waals surface area contributed by atoms with Gasteiger partial charge in [-0.1, -0.05) is 12.1 Å². The molecule has 1 N–H and O–H groups in total. The molecule has 1 aromatic carbocycles. The van der Waals surface area contributed by atoms with E-state index in [1.807, 2.05) is 26.0 Å². The standard InChI is InChI=1S/C17H25NO3/c1-3-20-16-8-6-5-7-15(16)13-18-11-9-14(10-12-18)17(19)21-4-2/h5-8,14H,3-4,9-13H2,1-2H3/p+1. The average molecular weight is 292 g/mol. The van der Waals surface area contributed by atoms with Crippen molar-refractivity contribution >= 4 is 5.97 Å². The van der Waals surface area contributed by atoms with E-state index >= 15 is 0 Å². The monoisotopic (exact) mass is 292 g/mol. The fourth-order valence-electron chi connectivity index (χ4n) is 2.91. The lowest BCUT2D eigenvalue weighted by molar-refractivity contribution is -0.919. The minimum Gasteiger partial charge on any atom is -0.493 e. The maximum Gasteiger partial charge on any atom is 0.309 e. The number of carbonyl (C=O) groups excluding carboxylic acids is 1. The third-order valence-corrected chi connectivity index (χ3v) is 4.03. The molecule has 0 atom stereocenters. The molecule has 0 aromatic heterocycles. The molecule has 21 heavy (non-hydrogen) atoms. The van der Waals surface area contributed by atoms with Gasteiger partial charge in [-0.2, -0.15) is 0 Å². The van der Waals surface area contributed by atoms with Crippen LogP contribution in [0.4, 0.5) is 0 Å². The largest absolute Gasteiger partial charge is 0.493 e. The second kappa shape index (κ2) is 8.03. The van der Waals surface area contributed by atoms with Gasteiger partial charge in [-0.15, -0.1) is 0 Å². The zero-order valence-corrected chi connectivity index (χ0v) is 13.1. The minimum atomic E-state index is -0.0220. The molecule has 1 aliphatic heterocycles. The van der Waals surface area contributed by atoms with Crippen LogP contribution in [0.5, 0.6) is 5.75 Å². The van der Waals surface area contributed by atoms with Crippen LogP contribution < -0.4 is 9.64 Å². The molecule has 1 aliphatic rings. The zero-order valence-electron chi connectivity index (χ0n) is 13.1. The Morgan fingerprint density at radius 2 is 1.90 bits per heavy atom. The fraction of sp³-hybridized carbons (Fsp3) is 0.588. The average Bonchev–Trinajstić information content (AvgIpc) is 2.50. The lowest BCUT2D eigenvalue weighted by atomic mass is 9.96. The van der Waals surface area contributed by atoms with Crippen LogP contribution in [0, 0.1) is 5.92 Å². The van der Waals surface area contributed by atoms with E-state index in [-0.39, 0.29) is 11.9 Å². The van der Waals surface area contributed by atoms with E-state index in [0.717, 1.165) is 38.2 Å². The molecule has 1 aromatic rings. The summed E-state index contributed by atoms with van der Waals surface area (Å²) in [5, 5.41) is 0. The van der Waals surface area contributed by atoms with Gasteiger partial charge in [0.15, 0.2) is 0 Å². The normalized spacial score (nSPS) is 21.8. The Hall–Kier alpha value is -1.55. The first kappa shape index (κ1) is 15.8. The minimum absolute atomic E-state index is 0.0220. The summed E-state index contributed by atoms with van der Waals surface area (Å²) in [5.41, 5.74) is 1.25. The van der Waals surface area contributed by atoms with Gasteiger partial charge >= 0.3 is 5.97 Å². The second-order valence-electron chi connectivity index (χ2n) is 5.49. The number of piperidine rings is 1. The molecule has 1 heterocycles. The number of benzene rings is 1.